The number of aliphatic hydroxyl groups is 3. The summed E-state index contributed by atoms with van der Waals surface area (Å²) in [6.45, 7) is 20.0. The van der Waals surface area contributed by atoms with Crippen molar-refractivity contribution >= 4 is 5.97 Å². The quantitative estimate of drug-likeness (QED) is 0.230. The summed E-state index contributed by atoms with van der Waals surface area (Å²) in [4.78, 5) is 15.5. The highest BCUT2D eigenvalue weighted by Crippen LogP contribution is 2.55. The van der Waals surface area contributed by atoms with E-state index in [1.165, 1.54) is 0 Å². The monoisotopic (exact) mass is 784 g/mol. The Hall–Kier alpha value is -0.970. The molecule has 0 aromatic rings. The average Bonchev–Trinajstić information content (AvgIpc) is 3.88. The van der Waals surface area contributed by atoms with Gasteiger partial charge in [0.25, 0.3) is 0 Å². The van der Waals surface area contributed by atoms with Gasteiger partial charge in [0.1, 0.15) is 6.61 Å². The minimum absolute atomic E-state index is 0.151. The molecule has 6 aliphatic rings. The molecule has 13 nitrogen and oxygen atoms in total. The highest BCUT2D eigenvalue weighted by molar-refractivity contribution is 5.72. The van der Waals surface area contributed by atoms with Crippen molar-refractivity contribution in [1.29, 1.82) is 0 Å². The van der Waals surface area contributed by atoms with Crippen LogP contribution in [0.1, 0.15) is 107 Å². The van der Waals surface area contributed by atoms with Crippen LogP contribution in [0, 0.1) is 35.5 Å². The first-order chi connectivity index (χ1) is 26.0. The minimum atomic E-state index is -1.56. The second-order valence-corrected chi connectivity index (χ2v) is 18.6. The third kappa shape index (κ3) is 8.69. The molecule has 6 heterocycles. The molecule has 1 spiro atoms. The number of morpholine rings is 1. The van der Waals surface area contributed by atoms with Crippen molar-refractivity contribution in [1.82, 2.24) is 4.90 Å². The Morgan fingerprint density at radius 1 is 1.00 bits per heavy atom. The number of hydrogen-bond acceptors (Lipinski definition) is 13. The van der Waals surface area contributed by atoms with Crippen molar-refractivity contribution in [2.45, 2.75) is 172 Å². The first kappa shape index (κ1) is 43.6. The van der Waals surface area contributed by atoms with Gasteiger partial charge in [0, 0.05) is 57.3 Å². The lowest BCUT2D eigenvalue weighted by Gasteiger charge is -2.49. The fourth-order valence-electron chi connectivity index (χ4n) is 11.1. The molecule has 0 amide bonds. The summed E-state index contributed by atoms with van der Waals surface area (Å²) in [5.41, 5.74) is -1.14. The molecular formula is C42H73NO12. The summed E-state index contributed by atoms with van der Waals surface area (Å²) in [7, 11) is 1.62. The number of methoxy groups -OCH3 is 1. The van der Waals surface area contributed by atoms with Gasteiger partial charge in [-0.15, -0.1) is 0 Å². The van der Waals surface area contributed by atoms with Crippen LogP contribution in [0.25, 0.3) is 0 Å². The van der Waals surface area contributed by atoms with Gasteiger partial charge in [0.2, 0.25) is 0 Å². The van der Waals surface area contributed by atoms with Crippen LogP contribution < -0.4 is 0 Å². The van der Waals surface area contributed by atoms with E-state index in [4.69, 9.17) is 37.9 Å². The lowest BCUT2D eigenvalue weighted by Crippen LogP contribution is -2.57. The molecule has 6 saturated heterocycles. The molecule has 0 bridgehead atoms. The number of esters is 1. The molecule has 6 rings (SSSR count). The van der Waals surface area contributed by atoms with E-state index in [9.17, 15) is 20.1 Å². The second kappa shape index (κ2) is 17.3. The first-order valence-corrected chi connectivity index (χ1v) is 21.4. The van der Waals surface area contributed by atoms with Crippen LogP contribution in [0.15, 0.2) is 0 Å². The smallest absolute Gasteiger partial charge is 0.311 e. The fourth-order valence-corrected chi connectivity index (χ4v) is 11.1. The maximum absolute atomic E-state index is 13.2. The molecule has 6 aliphatic heterocycles. The van der Waals surface area contributed by atoms with Gasteiger partial charge in [-0.3, -0.25) is 9.69 Å². The van der Waals surface area contributed by atoms with E-state index in [1.54, 1.807) is 7.11 Å². The topological polar surface area (TPSA) is 155 Å². The number of carbonyl (C=O) groups is 1. The van der Waals surface area contributed by atoms with Crippen LogP contribution in [-0.4, -0.2) is 145 Å². The number of aliphatic hydroxyl groups excluding tert-OH is 2. The summed E-state index contributed by atoms with van der Waals surface area (Å²) in [6.07, 6.45) is 3.23. The van der Waals surface area contributed by atoms with Gasteiger partial charge in [0.15, 0.2) is 11.6 Å². The highest BCUT2D eigenvalue weighted by Gasteiger charge is 2.62. The van der Waals surface area contributed by atoms with E-state index in [0.717, 1.165) is 45.2 Å². The summed E-state index contributed by atoms with van der Waals surface area (Å²) in [5, 5.41) is 32.5. The Balaban J connectivity index is 1.09. The van der Waals surface area contributed by atoms with Crippen LogP contribution >= 0.6 is 0 Å². The average molecular weight is 784 g/mol. The Labute approximate surface area is 329 Å². The molecule has 318 valence electrons. The van der Waals surface area contributed by atoms with E-state index in [-0.39, 0.29) is 60.0 Å². The SMILES string of the molecule is CC[C@@]1([C@@H]2OC(C3O[C@@](O)(CO)[C@H](C)C[C@@H]3C)C[C@@H]2C)CCC(C2(C)CCC3(C[C@H](O)[C@@H](C)[C@@H]([C@@H](C)[C@H](OC)C(C)C(=O)OCCN4CCOCC4)O3)O2)O1. The van der Waals surface area contributed by atoms with Crippen LogP contribution in [0.2, 0.25) is 0 Å². The Bertz CT molecular complexity index is 1290. The Morgan fingerprint density at radius 3 is 2.40 bits per heavy atom. The van der Waals surface area contributed by atoms with Gasteiger partial charge in [-0.2, -0.15) is 0 Å². The van der Waals surface area contributed by atoms with Gasteiger partial charge in [-0.1, -0.05) is 41.5 Å². The number of rotatable bonds is 13. The molecule has 0 saturated carbocycles. The molecular weight excluding hydrogens is 710 g/mol. The van der Waals surface area contributed by atoms with Crippen LogP contribution in [0.5, 0.6) is 0 Å². The zero-order valence-corrected chi connectivity index (χ0v) is 35.1. The van der Waals surface area contributed by atoms with Gasteiger partial charge < -0.3 is 53.2 Å². The van der Waals surface area contributed by atoms with E-state index in [0.29, 0.717) is 45.6 Å². The fraction of sp³-hybridized carbons (Fsp3) is 0.976. The molecule has 0 aromatic carbocycles. The number of carbonyl (C=O) groups excluding carboxylic acids is 1. The third-order valence-corrected chi connectivity index (χ3v) is 14.8. The zero-order valence-electron chi connectivity index (χ0n) is 35.1. The van der Waals surface area contributed by atoms with Crippen molar-refractivity contribution in [3.05, 3.63) is 0 Å². The molecule has 13 heteroatoms. The summed E-state index contributed by atoms with van der Waals surface area (Å²) >= 11 is 0. The maximum atomic E-state index is 13.2. The van der Waals surface area contributed by atoms with Crippen LogP contribution in [-0.2, 0) is 42.7 Å². The summed E-state index contributed by atoms with van der Waals surface area (Å²) < 4.78 is 51.3. The molecule has 0 aromatic heterocycles. The second-order valence-electron chi connectivity index (χ2n) is 18.6. The van der Waals surface area contributed by atoms with Gasteiger partial charge in [0.05, 0.1) is 79.7 Å². The lowest BCUT2D eigenvalue weighted by molar-refractivity contribution is -0.336. The standard InChI is InChI=1S/C42H73NO12/c1-10-40(37-26(3)22-32(51-37)34-25(2)21-27(4)42(47,24-44)54-34)12-11-33(52-40)39(8)13-14-41(55-39)23-31(45)28(5)36(53-41)29(6)35(48-9)30(7)38(46)50-20-17-43-15-18-49-19-16-43/h25-37,44-45,47H,10-24H2,1-9H3/t25-,26-,27+,28+,29-,30?,31-,32?,33?,34?,35-,36-,37+,39?,40-,41?,42-/m0/s1. The third-order valence-electron chi connectivity index (χ3n) is 14.8. The van der Waals surface area contributed by atoms with E-state index in [2.05, 4.69) is 32.6 Å². The largest absolute Gasteiger partial charge is 0.464 e. The summed E-state index contributed by atoms with van der Waals surface area (Å²) in [6, 6.07) is 0. The highest BCUT2D eigenvalue weighted by atomic mass is 16.7. The Morgan fingerprint density at radius 2 is 1.73 bits per heavy atom. The van der Waals surface area contributed by atoms with Crippen LogP contribution in [0.4, 0.5) is 0 Å². The lowest BCUT2D eigenvalue weighted by atomic mass is 9.78. The van der Waals surface area contributed by atoms with E-state index in [1.807, 2.05) is 27.7 Å². The minimum Gasteiger partial charge on any atom is -0.464 e. The summed E-state index contributed by atoms with van der Waals surface area (Å²) in [5.74, 6) is -3.60. The van der Waals surface area contributed by atoms with E-state index >= 15 is 0 Å². The van der Waals surface area contributed by atoms with Gasteiger partial charge >= 0.3 is 5.97 Å². The van der Waals surface area contributed by atoms with Crippen molar-refractivity contribution in [3.63, 3.8) is 0 Å². The maximum Gasteiger partial charge on any atom is 0.311 e. The predicted molar refractivity (Wildman–Crippen MR) is 203 cm³/mol. The normalized spacial score (nSPS) is 47.2. The number of ether oxygens (including phenoxy) is 8. The molecule has 0 radical (unpaired) electrons. The molecule has 3 N–H and O–H groups in total. The first-order valence-electron chi connectivity index (χ1n) is 21.4. The van der Waals surface area contributed by atoms with E-state index < -0.39 is 53.6 Å². The van der Waals surface area contributed by atoms with Gasteiger partial charge in [-0.25, -0.2) is 0 Å². The predicted octanol–water partition coefficient (Wildman–Crippen LogP) is 4.06. The number of nitrogens with zero attached hydrogens (tertiary/aromatic N) is 1. The van der Waals surface area contributed by atoms with Gasteiger partial charge in [-0.05, 0) is 64.2 Å². The Kier molecular flexibility index (Phi) is 13.7. The van der Waals surface area contributed by atoms with Crippen LogP contribution in [0.3, 0.4) is 0 Å². The molecule has 0 aliphatic carbocycles. The molecule has 55 heavy (non-hydrogen) atoms. The molecule has 6 unspecified atom stereocenters. The van der Waals surface area contributed by atoms with Crippen molar-refractivity contribution in [3.8, 4) is 0 Å². The molecule has 6 fully saturated rings. The van der Waals surface area contributed by atoms with Crippen molar-refractivity contribution in [2.24, 2.45) is 35.5 Å². The number of hydrogen-bond donors (Lipinski definition) is 3. The zero-order chi connectivity index (χ0) is 39.9. The molecule has 17 atom stereocenters. The van der Waals surface area contributed by atoms with Crippen molar-refractivity contribution < 1.29 is 58.0 Å². The van der Waals surface area contributed by atoms with Crippen molar-refractivity contribution in [2.75, 3.05) is 53.2 Å².